The average molecular weight is 218 g/mol. The summed E-state index contributed by atoms with van der Waals surface area (Å²) in [5.41, 5.74) is 2.04. The number of aliphatic hydroxyl groups is 1. The molecule has 0 saturated carbocycles. The highest BCUT2D eigenvalue weighted by Crippen LogP contribution is 2.26. The molecule has 1 aliphatic heterocycles. The minimum atomic E-state index is -0.434. The molecule has 1 fully saturated rings. The Balaban J connectivity index is 2.18. The van der Waals surface area contributed by atoms with Gasteiger partial charge in [0.1, 0.15) is 11.9 Å². The topological polar surface area (TPSA) is 47.3 Å². The van der Waals surface area contributed by atoms with Crippen molar-refractivity contribution < 1.29 is 9.84 Å². The Labute approximate surface area is 93.5 Å². The summed E-state index contributed by atoms with van der Waals surface area (Å²) in [6, 6.07) is 7.97. The van der Waals surface area contributed by atoms with Gasteiger partial charge in [-0.1, -0.05) is 12.1 Å². The molecule has 4 heteroatoms. The second-order valence-electron chi connectivity index (χ2n) is 4.19. The summed E-state index contributed by atoms with van der Waals surface area (Å²) in [4.78, 5) is 4.49. The molecule has 2 heterocycles. The van der Waals surface area contributed by atoms with Crippen LogP contribution in [0.3, 0.4) is 0 Å². The van der Waals surface area contributed by atoms with Gasteiger partial charge < -0.3 is 14.4 Å². The van der Waals surface area contributed by atoms with Gasteiger partial charge in [0, 0.05) is 0 Å². The van der Waals surface area contributed by atoms with E-state index < -0.39 is 6.10 Å². The first-order chi connectivity index (χ1) is 7.77. The Kier molecular flexibility index (Phi) is 2.19. The third-order valence-corrected chi connectivity index (χ3v) is 3.13. The summed E-state index contributed by atoms with van der Waals surface area (Å²) in [6.45, 7) is 2.93. The van der Waals surface area contributed by atoms with E-state index in [-0.39, 0.29) is 6.04 Å². The Morgan fingerprint density at radius 2 is 2.19 bits per heavy atom. The zero-order valence-electron chi connectivity index (χ0n) is 9.13. The molecule has 0 radical (unpaired) electrons. The fourth-order valence-corrected chi connectivity index (χ4v) is 2.36. The van der Waals surface area contributed by atoms with Gasteiger partial charge in [-0.05, 0) is 19.1 Å². The Morgan fingerprint density at radius 1 is 1.38 bits per heavy atom. The van der Waals surface area contributed by atoms with Crippen molar-refractivity contribution in [3.8, 4) is 0 Å². The smallest absolute Gasteiger partial charge is 0.107 e. The number of imidazole rings is 1. The number of aryl methyl sites for hydroxylation is 1. The van der Waals surface area contributed by atoms with E-state index in [4.69, 9.17) is 4.74 Å². The van der Waals surface area contributed by atoms with Gasteiger partial charge in [-0.2, -0.15) is 0 Å². The van der Waals surface area contributed by atoms with Gasteiger partial charge >= 0.3 is 0 Å². The zero-order chi connectivity index (χ0) is 11.1. The Bertz CT molecular complexity index is 521. The molecule has 2 atom stereocenters. The molecule has 1 N–H and O–H groups in total. The van der Waals surface area contributed by atoms with Crippen LogP contribution in [-0.4, -0.2) is 34.0 Å². The van der Waals surface area contributed by atoms with Gasteiger partial charge in [0.05, 0.1) is 30.3 Å². The van der Waals surface area contributed by atoms with Crippen LogP contribution in [0.15, 0.2) is 24.3 Å². The largest absolute Gasteiger partial charge is 0.388 e. The molecule has 1 aromatic heterocycles. The molecular formula is C12H14N2O2. The molecule has 3 rings (SSSR count). The summed E-state index contributed by atoms with van der Waals surface area (Å²) in [5.74, 6) is 0.927. The number of benzene rings is 1. The second kappa shape index (κ2) is 3.57. The van der Waals surface area contributed by atoms with Crippen LogP contribution in [0.25, 0.3) is 11.0 Å². The van der Waals surface area contributed by atoms with Crippen molar-refractivity contribution in [3.63, 3.8) is 0 Å². The van der Waals surface area contributed by atoms with E-state index in [0.717, 1.165) is 16.9 Å². The molecule has 0 amide bonds. The monoisotopic (exact) mass is 218 g/mol. The van der Waals surface area contributed by atoms with Crippen molar-refractivity contribution in [1.29, 1.82) is 0 Å². The van der Waals surface area contributed by atoms with Gasteiger partial charge in [0.25, 0.3) is 0 Å². The highest BCUT2D eigenvalue weighted by atomic mass is 16.5. The fourth-order valence-electron chi connectivity index (χ4n) is 2.36. The molecule has 1 aliphatic rings. The minimum absolute atomic E-state index is 0.00704. The Morgan fingerprint density at radius 3 is 2.94 bits per heavy atom. The number of para-hydroxylation sites is 2. The summed E-state index contributed by atoms with van der Waals surface area (Å²) < 4.78 is 7.37. The van der Waals surface area contributed by atoms with E-state index in [1.54, 1.807) is 0 Å². The lowest BCUT2D eigenvalue weighted by Gasteiger charge is -2.17. The highest BCUT2D eigenvalue weighted by molar-refractivity contribution is 5.76. The van der Waals surface area contributed by atoms with Crippen molar-refractivity contribution in [2.24, 2.45) is 0 Å². The lowest BCUT2D eigenvalue weighted by atomic mass is 10.2. The first kappa shape index (κ1) is 9.81. The van der Waals surface area contributed by atoms with E-state index in [9.17, 15) is 5.11 Å². The maximum Gasteiger partial charge on any atom is 0.107 e. The lowest BCUT2D eigenvalue weighted by Crippen LogP contribution is -2.22. The number of aliphatic hydroxyl groups excluding tert-OH is 1. The van der Waals surface area contributed by atoms with Gasteiger partial charge in [-0.25, -0.2) is 4.98 Å². The van der Waals surface area contributed by atoms with E-state index in [1.807, 2.05) is 31.2 Å². The molecule has 84 valence electrons. The van der Waals surface area contributed by atoms with Crippen LogP contribution in [0, 0.1) is 6.92 Å². The van der Waals surface area contributed by atoms with Gasteiger partial charge in [-0.15, -0.1) is 0 Å². The fraction of sp³-hybridized carbons (Fsp3) is 0.417. The van der Waals surface area contributed by atoms with Crippen molar-refractivity contribution in [2.75, 3.05) is 13.2 Å². The molecule has 1 aromatic carbocycles. The summed E-state index contributed by atoms with van der Waals surface area (Å²) >= 11 is 0. The molecule has 4 nitrogen and oxygen atoms in total. The predicted octanol–water partition coefficient (Wildman–Crippen LogP) is 1.28. The second-order valence-corrected chi connectivity index (χ2v) is 4.19. The SMILES string of the molecule is Cc1nc2ccccc2n1C1COC[C@H]1O. The summed E-state index contributed by atoms with van der Waals surface area (Å²) in [6.07, 6.45) is -0.434. The molecule has 0 bridgehead atoms. The molecule has 16 heavy (non-hydrogen) atoms. The number of aromatic nitrogens is 2. The van der Waals surface area contributed by atoms with Crippen molar-refractivity contribution in [3.05, 3.63) is 30.1 Å². The molecule has 1 unspecified atom stereocenters. The summed E-state index contributed by atoms with van der Waals surface area (Å²) in [7, 11) is 0. The molecule has 0 aliphatic carbocycles. The van der Waals surface area contributed by atoms with Gasteiger partial charge in [0.15, 0.2) is 0 Å². The predicted molar refractivity (Wildman–Crippen MR) is 60.3 cm³/mol. The number of ether oxygens (including phenoxy) is 1. The first-order valence-corrected chi connectivity index (χ1v) is 5.47. The van der Waals surface area contributed by atoms with Crippen LogP contribution in [0.2, 0.25) is 0 Å². The van der Waals surface area contributed by atoms with Crippen molar-refractivity contribution in [2.45, 2.75) is 19.1 Å². The van der Waals surface area contributed by atoms with Gasteiger partial charge in [0.2, 0.25) is 0 Å². The van der Waals surface area contributed by atoms with Crippen LogP contribution < -0.4 is 0 Å². The van der Waals surface area contributed by atoms with Crippen LogP contribution in [0.1, 0.15) is 11.9 Å². The standard InChI is InChI=1S/C12H14N2O2/c1-8-13-9-4-2-3-5-10(9)14(8)11-6-16-7-12(11)15/h2-5,11-12,15H,6-7H2,1H3/t11?,12-/m1/s1. The lowest BCUT2D eigenvalue weighted by molar-refractivity contribution is 0.119. The highest BCUT2D eigenvalue weighted by Gasteiger charge is 2.29. The molecule has 2 aromatic rings. The number of hydrogen-bond acceptors (Lipinski definition) is 3. The van der Waals surface area contributed by atoms with Crippen LogP contribution in [0.5, 0.6) is 0 Å². The quantitative estimate of drug-likeness (QED) is 0.784. The number of hydrogen-bond donors (Lipinski definition) is 1. The normalized spacial score (nSPS) is 25.4. The maximum atomic E-state index is 9.87. The molecular weight excluding hydrogens is 204 g/mol. The maximum absolute atomic E-state index is 9.87. The Hall–Kier alpha value is -1.39. The van der Waals surface area contributed by atoms with Crippen LogP contribution >= 0.6 is 0 Å². The van der Waals surface area contributed by atoms with E-state index in [2.05, 4.69) is 9.55 Å². The van der Waals surface area contributed by atoms with Gasteiger partial charge in [-0.3, -0.25) is 0 Å². The number of nitrogens with zero attached hydrogens (tertiary/aromatic N) is 2. The first-order valence-electron chi connectivity index (χ1n) is 5.47. The number of rotatable bonds is 1. The number of fused-ring (bicyclic) bond motifs is 1. The minimum Gasteiger partial charge on any atom is -0.388 e. The zero-order valence-corrected chi connectivity index (χ0v) is 9.13. The third-order valence-electron chi connectivity index (χ3n) is 3.13. The average Bonchev–Trinajstić information content (AvgIpc) is 2.81. The van der Waals surface area contributed by atoms with Crippen molar-refractivity contribution in [1.82, 2.24) is 9.55 Å². The third kappa shape index (κ3) is 1.34. The van der Waals surface area contributed by atoms with Crippen molar-refractivity contribution >= 4 is 11.0 Å². The van der Waals surface area contributed by atoms with E-state index in [1.165, 1.54) is 0 Å². The van der Waals surface area contributed by atoms with Crippen LogP contribution in [-0.2, 0) is 4.74 Å². The molecule has 1 saturated heterocycles. The van der Waals surface area contributed by atoms with E-state index >= 15 is 0 Å². The van der Waals surface area contributed by atoms with Crippen LogP contribution in [0.4, 0.5) is 0 Å². The van der Waals surface area contributed by atoms with E-state index in [0.29, 0.717) is 13.2 Å². The summed E-state index contributed by atoms with van der Waals surface area (Å²) in [5, 5.41) is 9.87. The molecule has 0 spiro atoms.